The van der Waals surface area contributed by atoms with Crippen LogP contribution in [0.3, 0.4) is 0 Å². The van der Waals surface area contributed by atoms with Crippen molar-refractivity contribution in [3.05, 3.63) is 69.9 Å². The van der Waals surface area contributed by atoms with Gasteiger partial charge in [-0.1, -0.05) is 30.3 Å². The van der Waals surface area contributed by atoms with Gasteiger partial charge in [-0.05, 0) is 34.1 Å². The summed E-state index contributed by atoms with van der Waals surface area (Å²) >= 11 is 4.80. The van der Waals surface area contributed by atoms with Crippen LogP contribution < -0.4 is 10.6 Å². The minimum atomic E-state index is -0.365. The second-order valence-corrected chi connectivity index (χ2v) is 6.98. The summed E-state index contributed by atoms with van der Waals surface area (Å²) in [5, 5.41) is 8.41. The Balaban J connectivity index is 1.49. The first-order valence-corrected chi connectivity index (χ1v) is 9.29. The molecule has 0 fully saturated rings. The Labute approximate surface area is 157 Å². The molecule has 3 rings (SSSR count). The zero-order valence-corrected chi connectivity index (χ0v) is 15.5. The number of thiazole rings is 1. The summed E-state index contributed by atoms with van der Waals surface area (Å²) in [6.07, 6.45) is 0.640. The van der Waals surface area contributed by atoms with Crippen LogP contribution in [0.15, 0.2) is 58.4 Å². The van der Waals surface area contributed by atoms with Crippen LogP contribution in [0.5, 0.6) is 0 Å². The topological polar surface area (TPSA) is 54.0 Å². The molecule has 0 aliphatic rings. The molecule has 1 aromatic heterocycles. The number of nitrogens with one attached hydrogen (secondary N) is 2. The number of carbonyl (C=O) groups excluding carboxylic acids is 1. The van der Waals surface area contributed by atoms with Gasteiger partial charge in [0.25, 0.3) is 0 Å². The van der Waals surface area contributed by atoms with Crippen molar-refractivity contribution in [3.63, 3.8) is 0 Å². The number of anilines is 1. The Morgan fingerprint density at radius 2 is 2.00 bits per heavy atom. The van der Waals surface area contributed by atoms with Gasteiger partial charge in [-0.2, -0.15) is 0 Å². The van der Waals surface area contributed by atoms with Crippen molar-refractivity contribution in [2.75, 3.05) is 11.9 Å². The molecule has 4 nitrogen and oxygen atoms in total. The molecule has 0 saturated carbocycles. The molecule has 0 aliphatic heterocycles. The molecule has 0 bridgehead atoms. The summed E-state index contributed by atoms with van der Waals surface area (Å²) in [6.45, 7) is 0.461. The van der Waals surface area contributed by atoms with E-state index in [1.165, 1.54) is 18.2 Å². The number of benzene rings is 2. The highest BCUT2D eigenvalue weighted by Gasteiger charge is 2.07. The fourth-order valence-corrected chi connectivity index (χ4v) is 3.51. The van der Waals surface area contributed by atoms with Gasteiger partial charge in [0.05, 0.1) is 11.4 Å². The molecule has 7 heteroatoms. The maximum atomic E-state index is 13.0. The molecule has 0 unspecified atom stereocenters. The van der Waals surface area contributed by atoms with Crippen LogP contribution in [0.2, 0.25) is 0 Å². The Kier molecular flexibility index (Phi) is 5.78. The number of carbonyl (C=O) groups is 1. The van der Waals surface area contributed by atoms with E-state index in [1.807, 2.05) is 35.7 Å². The number of rotatable bonds is 5. The van der Waals surface area contributed by atoms with E-state index in [9.17, 15) is 9.18 Å². The molecule has 0 saturated heterocycles. The molecule has 0 aliphatic carbocycles. The largest absolute Gasteiger partial charge is 0.337 e. The Morgan fingerprint density at radius 1 is 1.20 bits per heavy atom. The maximum Gasteiger partial charge on any atom is 0.319 e. The Hall–Kier alpha value is -2.25. The quantitative estimate of drug-likeness (QED) is 0.605. The number of hydrogen-bond donors (Lipinski definition) is 2. The van der Waals surface area contributed by atoms with E-state index in [4.69, 9.17) is 0 Å². The predicted octanol–water partition coefficient (Wildman–Crippen LogP) is 5.08. The molecule has 1 heterocycles. The highest BCUT2D eigenvalue weighted by molar-refractivity contribution is 9.10. The summed E-state index contributed by atoms with van der Waals surface area (Å²) in [5.41, 5.74) is 2.54. The van der Waals surface area contributed by atoms with Crippen LogP contribution in [0.4, 0.5) is 14.9 Å². The van der Waals surface area contributed by atoms with Crippen LogP contribution in [0.1, 0.15) is 5.69 Å². The van der Waals surface area contributed by atoms with Crippen molar-refractivity contribution in [2.45, 2.75) is 6.42 Å². The lowest BCUT2D eigenvalue weighted by molar-refractivity contribution is 0.252. The Bertz CT molecular complexity index is 870. The van der Waals surface area contributed by atoms with Gasteiger partial charge in [0, 0.05) is 28.4 Å². The lowest BCUT2D eigenvalue weighted by Gasteiger charge is -2.08. The van der Waals surface area contributed by atoms with E-state index < -0.39 is 0 Å². The average molecular weight is 420 g/mol. The number of hydrogen-bond acceptors (Lipinski definition) is 3. The minimum Gasteiger partial charge on any atom is -0.337 e. The van der Waals surface area contributed by atoms with E-state index in [-0.39, 0.29) is 11.8 Å². The molecule has 128 valence electrons. The third kappa shape index (κ3) is 4.87. The maximum absolute atomic E-state index is 13.0. The molecule has 2 amide bonds. The lowest BCUT2D eigenvalue weighted by Crippen LogP contribution is -2.30. The first kappa shape index (κ1) is 17.6. The standard InChI is InChI=1S/C18H15BrFN3OS/c19-15-10-13(20)6-7-16(15)23-18(24)21-9-8-14-11-25-17(22-14)12-4-2-1-3-5-12/h1-7,10-11H,8-9H2,(H2,21,23,24). The molecule has 2 N–H and O–H groups in total. The van der Waals surface area contributed by atoms with Gasteiger partial charge in [-0.3, -0.25) is 0 Å². The normalized spacial score (nSPS) is 10.5. The summed E-state index contributed by atoms with van der Waals surface area (Å²) in [6, 6.07) is 13.7. The van der Waals surface area contributed by atoms with Gasteiger partial charge >= 0.3 is 6.03 Å². The fourth-order valence-electron chi connectivity index (χ4n) is 2.20. The second-order valence-electron chi connectivity index (χ2n) is 5.27. The molecule has 0 spiro atoms. The first-order valence-electron chi connectivity index (χ1n) is 7.61. The SMILES string of the molecule is O=C(NCCc1csc(-c2ccccc2)n1)Nc1ccc(F)cc1Br. The zero-order valence-electron chi connectivity index (χ0n) is 13.1. The van der Waals surface area contributed by atoms with Gasteiger partial charge in [0.2, 0.25) is 0 Å². The third-order valence-electron chi connectivity index (χ3n) is 3.42. The van der Waals surface area contributed by atoms with Crippen molar-refractivity contribution in [2.24, 2.45) is 0 Å². The predicted molar refractivity (Wildman–Crippen MR) is 102 cm³/mol. The average Bonchev–Trinajstić information content (AvgIpc) is 3.07. The molecule has 0 radical (unpaired) electrons. The summed E-state index contributed by atoms with van der Waals surface area (Å²) in [5.74, 6) is -0.365. The highest BCUT2D eigenvalue weighted by atomic mass is 79.9. The van der Waals surface area contributed by atoms with Gasteiger partial charge in [-0.15, -0.1) is 11.3 Å². The zero-order chi connectivity index (χ0) is 17.6. The van der Waals surface area contributed by atoms with Crippen molar-refractivity contribution in [1.29, 1.82) is 0 Å². The van der Waals surface area contributed by atoms with Gasteiger partial charge < -0.3 is 10.6 Å². The first-order chi connectivity index (χ1) is 12.1. The number of aromatic nitrogens is 1. The molecule has 2 aromatic carbocycles. The Morgan fingerprint density at radius 3 is 2.76 bits per heavy atom. The van der Waals surface area contributed by atoms with Crippen molar-refractivity contribution in [1.82, 2.24) is 10.3 Å². The van der Waals surface area contributed by atoms with E-state index in [1.54, 1.807) is 11.3 Å². The van der Waals surface area contributed by atoms with Crippen LogP contribution in [-0.4, -0.2) is 17.6 Å². The highest BCUT2D eigenvalue weighted by Crippen LogP contribution is 2.24. The number of nitrogens with zero attached hydrogens (tertiary/aromatic N) is 1. The van der Waals surface area contributed by atoms with Crippen molar-refractivity contribution < 1.29 is 9.18 Å². The fraction of sp³-hybridized carbons (Fsp3) is 0.111. The molecular weight excluding hydrogens is 405 g/mol. The molecule has 25 heavy (non-hydrogen) atoms. The van der Waals surface area contributed by atoms with Crippen molar-refractivity contribution >= 4 is 39.0 Å². The number of amides is 2. The van der Waals surface area contributed by atoms with Gasteiger partial charge in [-0.25, -0.2) is 14.2 Å². The van der Waals surface area contributed by atoms with Crippen molar-refractivity contribution in [3.8, 4) is 10.6 Å². The van der Waals surface area contributed by atoms with Crippen LogP contribution in [0.25, 0.3) is 10.6 Å². The molecular formula is C18H15BrFN3OS. The minimum absolute atomic E-state index is 0.342. The van der Waals surface area contributed by atoms with E-state index in [2.05, 4.69) is 31.5 Å². The summed E-state index contributed by atoms with van der Waals surface area (Å²) in [7, 11) is 0. The van der Waals surface area contributed by atoms with E-state index in [0.717, 1.165) is 16.3 Å². The number of urea groups is 1. The number of halogens is 2. The molecule has 3 aromatic rings. The smallest absolute Gasteiger partial charge is 0.319 e. The lowest BCUT2D eigenvalue weighted by atomic mass is 10.2. The van der Waals surface area contributed by atoms with Crippen LogP contribution in [-0.2, 0) is 6.42 Å². The molecule has 0 atom stereocenters. The summed E-state index contributed by atoms with van der Waals surface area (Å²) in [4.78, 5) is 16.5. The van der Waals surface area contributed by atoms with E-state index >= 15 is 0 Å². The van der Waals surface area contributed by atoms with Crippen LogP contribution in [0, 0.1) is 5.82 Å². The summed E-state index contributed by atoms with van der Waals surface area (Å²) < 4.78 is 13.5. The second kappa shape index (κ2) is 8.22. The van der Waals surface area contributed by atoms with Crippen LogP contribution >= 0.6 is 27.3 Å². The van der Waals surface area contributed by atoms with E-state index in [0.29, 0.717) is 23.1 Å². The third-order valence-corrected chi connectivity index (χ3v) is 5.01. The monoisotopic (exact) mass is 419 g/mol. The van der Waals surface area contributed by atoms with Gasteiger partial charge in [0.15, 0.2) is 0 Å². The van der Waals surface area contributed by atoms with Gasteiger partial charge in [0.1, 0.15) is 10.8 Å².